The smallest absolute Gasteiger partial charge is 0.234 e. The summed E-state index contributed by atoms with van der Waals surface area (Å²) in [5, 5.41) is 14.1. The van der Waals surface area contributed by atoms with E-state index in [1.165, 1.54) is 25.8 Å². The number of anilines is 2. The molecule has 1 aromatic heterocycles. The van der Waals surface area contributed by atoms with Crippen molar-refractivity contribution in [3.63, 3.8) is 0 Å². The molecule has 24 heavy (non-hydrogen) atoms. The maximum Gasteiger partial charge on any atom is 0.234 e. The number of amides is 2. The number of aromatic nitrogens is 2. The molecule has 0 bridgehead atoms. The first kappa shape index (κ1) is 18.0. The van der Waals surface area contributed by atoms with Crippen molar-refractivity contribution >= 4 is 46.7 Å². The van der Waals surface area contributed by atoms with Gasteiger partial charge in [0.25, 0.3) is 0 Å². The van der Waals surface area contributed by atoms with Crippen LogP contribution in [0.15, 0.2) is 35.4 Å². The highest BCUT2D eigenvalue weighted by atomic mass is 35.5. The van der Waals surface area contributed by atoms with Gasteiger partial charge in [0.15, 0.2) is 5.82 Å². The second kappa shape index (κ2) is 8.51. The molecule has 0 aliphatic heterocycles. The molecule has 2 aromatic rings. The Kier molecular flexibility index (Phi) is 6.39. The maximum absolute atomic E-state index is 12.0. The number of methoxy groups -OCH3 is 1. The van der Waals surface area contributed by atoms with Gasteiger partial charge in [0.2, 0.25) is 11.8 Å². The van der Waals surface area contributed by atoms with Crippen molar-refractivity contribution in [3.8, 4) is 5.75 Å². The highest BCUT2D eigenvalue weighted by molar-refractivity contribution is 7.99. The summed E-state index contributed by atoms with van der Waals surface area (Å²) in [4.78, 5) is 22.9. The summed E-state index contributed by atoms with van der Waals surface area (Å²) in [6, 6.07) is 8.27. The van der Waals surface area contributed by atoms with E-state index in [-0.39, 0.29) is 17.6 Å². The summed E-state index contributed by atoms with van der Waals surface area (Å²) < 4.78 is 5.17. The number of thioether (sulfide) groups is 1. The number of nitrogens with zero attached hydrogens (tertiary/aromatic N) is 2. The van der Waals surface area contributed by atoms with Crippen LogP contribution in [0.25, 0.3) is 0 Å². The van der Waals surface area contributed by atoms with Crippen LogP contribution in [0.3, 0.4) is 0 Å². The van der Waals surface area contributed by atoms with Gasteiger partial charge in [0.05, 0.1) is 18.6 Å². The SMILES string of the molecule is COc1ccc(Cl)cc1NC(=O)CSc1ccc(NC(C)=O)nn1. The van der Waals surface area contributed by atoms with Crippen LogP contribution in [-0.2, 0) is 9.59 Å². The zero-order valence-electron chi connectivity index (χ0n) is 13.0. The number of halogens is 1. The van der Waals surface area contributed by atoms with Gasteiger partial charge in [0.1, 0.15) is 10.8 Å². The van der Waals surface area contributed by atoms with Gasteiger partial charge >= 0.3 is 0 Å². The molecule has 0 aliphatic carbocycles. The minimum absolute atomic E-state index is 0.143. The normalized spacial score (nSPS) is 10.1. The molecular formula is C15H15ClN4O3S. The van der Waals surface area contributed by atoms with Crippen molar-refractivity contribution in [1.29, 1.82) is 0 Å². The third-order valence-electron chi connectivity index (χ3n) is 2.73. The molecule has 7 nitrogen and oxygen atoms in total. The van der Waals surface area contributed by atoms with Crippen LogP contribution < -0.4 is 15.4 Å². The van der Waals surface area contributed by atoms with Crippen LogP contribution in [0, 0.1) is 0 Å². The van der Waals surface area contributed by atoms with E-state index in [9.17, 15) is 9.59 Å². The topological polar surface area (TPSA) is 93.2 Å². The number of carbonyl (C=O) groups is 2. The highest BCUT2D eigenvalue weighted by Gasteiger charge is 2.10. The number of nitrogens with one attached hydrogen (secondary N) is 2. The molecule has 0 atom stereocenters. The molecule has 0 spiro atoms. The van der Waals surface area contributed by atoms with E-state index in [1.54, 1.807) is 30.3 Å². The van der Waals surface area contributed by atoms with Crippen molar-refractivity contribution < 1.29 is 14.3 Å². The number of carbonyl (C=O) groups excluding carboxylic acids is 2. The fourth-order valence-corrected chi connectivity index (χ4v) is 2.53. The largest absolute Gasteiger partial charge is 0.495 e. The summed E-state index contributed by atoms with van der Waals surface area (Å²) >= 11 is 7.14. The fraction of sp³-hybridized carbons (Fsp3) is 0.200. The summed E-state index contributed by atoms with van der Waals surface area (Å²) in [7, 11) is 1.51. The Bertz CT molecular complexity index is 740. The van der Waals surface area contributed by atoms with Gasteiger partial charge in [-0.3, -0.25) is 9.59 Å². The number of hydrogen-bond donors (Lipinski definition) is 2. The lowest BCUT2D eigenvalue weighted by molar-refractivity contribution is -0.114. The fourth-order valence-electron chi connectivity index (χ4n) is 1.75. The minimum atomic E-state index is -0.228. The van der Waals surface area contributed by atoms with Crippen LogP contribution >= 0.6 is 23.4 Å². The van der Waals surface area contributed by atoms with Crippen molar-refractivity contribution in [2.45, 2.75) is 11.9 Å². The van der Waals surface area contributed by atoms with Crippen molar-refractivity contribution in [3.05, 3.63) is 35.4 Å². The Morgan fingerprint density at radius 2 is 2.00 bits per heavy atom. The Hall–Kier alpha value is -2.32. The third-order valence-corrected chi connectivity index (χ3v) is 3.89. The van der Waals surface area contributed by atoms with Crippen LogP contribution in [-0.4, -0.2) is 34.9 Å². The third kappa shape index (κ3) is 5.39. The molecule has 2 amide bonds. The quantitative estimate of drug-likeness (QED) is 0.763. The first-order valence-corrected chi connectivity index (χ1v) is 8.22. The van der Waals surface area contributed by atoms with E-state index in [0.29, 0.717) is 27.3 Å². The Balaban J connectivity index is 1.91. The average molecular weight is 367 g/mol. The zero-order chi connectivity index (χ0) is 17.5. The molecule has 0 saturated heterocycles. The van der Waals surface area contributed by atoms with Gasteiger partial charge in [-0.05, 0) is 30.3 Å². The van der Waals surface area contributed by atoms with Crippen molar-refractivity contribution in [1.82, 2.24) is 10.2 Å². The van der Waals surface area contributed by atoms with E-state index in [0.717, 1.165) is 0 Å². The van der Waals surface area contributed by atoms with Gasteiger partial charge in [-0.1, -0.05) is 23.4 Å². The van der Waals surface area contributed by atoms with E-state index in [4.69, 9.17) is 16.3 Å². The monoisotopic (exact) mass is 366 g/mol. The molecule has 0 radical (unpaired) electrons. The summed E-state index contributed by atoms with van der Waals surface area (Å²) in [6.45, 7) is 1.39. The van der Waals surface area contributed by atoms with Gasteiger partial charge in [-0.25, -0.2) is 0 Å². The number of benzene rings is 1. The van der Waals surface area contributed by atoms with E-state index in [2.05, 4.69) is 20.8 Å². The van der Waals surface area contributed by atoms with Gasteiger partial charge in [-0.2, -0.15) is 0 Å². The molecule has 126 valence electrons. The first-order chi connectivity index (χ1) is 11.5. The molecule has 0 saturated carbocycles. The van der Waals surface area contributed by atoms with E-state index in [1.807, 2.05) is 0 Å². The number of ether oxygens (including phenoxy) is 1. The van der Waals surface area contributed by atoms with Crippen molar-refractivity contribution in [2.75, 3.05) is 23.5 Å². The summed E-state index contributed by atoms with van der Waals surface area (Å²) in [5.74, 6) is 0.578. The van der Waals surface area contributed by atoms with E-state index < -0.39 is 0 Å². The molecule has 0 unspecified atom stereocenters. The number of rotatable bonds is 6. The Morgan fingerprint density at radius 1 is 1.21 bits per heavy atom. The predicted molar refractivity (Wildman–Crippen MR) is 93.7 cm³/mol. The first-order valence-electron chi connectivity index (χ1n) is 6.85. The van der Waals surface area contributed by atoms with Gasteiger partial charge < -0.3 is 15.4 Å². The van der Waals surface area contributed by atoms with Gasteiger partial charge in [0, 0.05) is 11.9 Å². The highest BCUT2D eigenvalue weighted by Crippen LogP contribution is 2.28. The molecule has 0 aliphatic rings. The maximum atomic E-state index is 12.0. The zero-order valence-corrected chi connectivity index (χ0v) is 14.6. The molecule has 1 heterocycles. The standard InChI is InChI=1S/C15H15ClN4O3S/c1-9(21)17-13-5-6-15(20-19-13)24-8-14(22)18-11-7-10(16)3-4-12(11)23-2/h3-7H,8H2,1-2H3,(H,18,22)(H,17,19,21). The average Bonchev–Trinajstić information content (AvgIpc) is 2.54. The lowest BCUT2D eigenvalue weighted by Gasteiger charge is -2.10. The minimum Gasteiger partial charge on any atom is -0.495 e. The van der Waals surface area contributed by atoms with E-state index >= 15 is 0 Å². The van der Waals surface area contributed by atoms with Crippen LogP contribution in [0.5, 0.6) is 5.75 Å². The molecular weight excluding hydrogens is 352 g/mol. The lowest BCUT2D eigenvalue weighted by atomic mass is 10.3. The molecule has 2 N–H and O–H groups in total. The Labute approximate surface area is 148 Å². The van der Waals surface area contributed by atoms with Crippen LogP contribution in [0.1, 0.15) is 6.92 Å². The van der Waals surface area contributed by atoms with Crippen LogP contribution in [0.2, 0.25) is 5.02 Å². The molecule has 0 fully saturated rings. The van der Waals surface area contributed by atoms with Crippen LogP contribution in [0.4, 0.5) is 11.5 Å². The molecule has 1 aromatic carbocycles. The van der Waals surface area contributed by atoms with Crippen molar-refractivity contribution in [2.24, 2.45) is 0 Å². The second-order valence-electron chi connectivity index (χ2n) is 4.62. The molecule has 2 rings (SSSR count). The Morgan fingerprint density at radius 3 is 2.62 bits per heavy atom. The number of hydrogen-bond acceptors (Lipinski definition) is 6. The summed E-state index contributed by atoms with van der Waals surface area (Å²) in [6.07, 6.45) is 0. The predicted octanol–water partition coefficient (Wildman–Crippen LogP) is 2.83. The second-order valence-corrected chi connectivity index (χ2v) is 6.05. The summed E-state index contributed by atoms with van der Waals surface area (Å²) in [5.41, 5.74) is 0.502. The lowest BCUT2D eigenvalue weighted by Crippen LogP contribution is -2.15. The molecule has 9 heteroatoms. The van der Waals surface area contributed by atoms with Gasteiger partial charge in [-0.15, -0.1) is 10.2 Å².